The molecule has 10 heteroatoms. The van der Waals surface area contributed by atoms with Crippen LogP contribution in [0.3, 0.4) is 0 Å². The Morgan fingerprint density at radius 1 is 0.947 bits per heavy atom. The van der Waals surface area contributed by atoms with Gasteiger partial charge in [0.15, 0.2) is 12.3 Å². The summed E-state index contributed by atoms with van der Waals surface area (Å²) in [4.78, 5) is 37.8. The van der Waals surface area contributed by atoms with E-state index in [-0.39, 0.29) is 6.61 Å². The van der Waals surface area contributed by atoms with Crippen LogP contribution in [-0.2, 0) is 19.0 Å². The van der Waals surface area contributed by atoms with Crippen molar-refractivity contribution in [3.63, 3.8) is 0 Å². The van der Waals surface area contributed by atoms with Crippen LogP contribution >= 0.6 is 0 Å². The molecule has 1 aliphatic heterocycles. The van der Waals surface area contributed by atoms with Gasteiger partial charge in [0.1, 0.15) is 24.9 Å². The molecule has 1 aromatic rings. The molecular weight excluding hydrogens is 492 g/mol. The summed E-state index contributed by atoms with van der Waals surface area (Å²) in [7, 11) is 1.46. The average Bonchev–Trinajstić information content (AvgIpc) is 3.18. The van der Waals surface area contributed by atoms with Gasteiger partial charge in [-0.3, -0.25) is 14.3 Å². The number of aliphatic hydroxyl groups is 2. The van der Waals surface area contributed by atoms with Gasteiger partial charge in [-0.1, -0.05) is 96.8 Å². The van der Waals surface area contributed by atoms with Gasteiger partial charge in [0.2, 0.25) is 0 Å². The minimum atomic E-state index is -1.43. The van der Waals surface area contributed by atoms with Crippen LogP contribution in [0.4, 0.5) is 0 Å². The minimum Gasteiger partial charge on any atom is -0.461 e. The zero-order valence-corrected chi connectivity index (χ0v) is 23.1. The van der Waals surface area contributed by atoms with Crippen molar-refractivity contribution in [3.05, 3.63) is 33.1 Å². The maximum absolute atomic E-state index is 12.5. The number of rotatable bonds is 20. The van der Waals surface area contributed by atoms with E-state index in [1.165, 1.54) is 83.9 Å². The maximum atomic E-state index is 12.5. The molecule has 218 valence electrons. The van der Waals surface area contributed by atoms with E-state index in [4.69, 9.17) is 14.2 Å². The standard InChI is InChI=1S/C28H48N2O8/c1-3-4-5-6-7-8-9-10-11-12-13-14-15-16-17-21(36-2)27(34)37-20-22-24(32)25(33)26(38-22)30-19-18-23(31)29-28(30)35/h18-19,21-22,24-26,32-33H,3-17,20H2,1-2H3,(H,29,31,35)/t21?,22-,24-,25-,26-/m1/s1. The van der Waals surface area contributed by atoms with Crippen LogP contribution in [0.2, 0.25) is 0 Å². The van der Waals surface area contributed by atoms with Crippen molar-refractivity contribution >= 4 is 5.97 Å². The molecule has 0 bridgehead atoms. The van der Waals surface area contributed by atoms with Gasteiger partial charge in [0, 0.05) is 19.4 Å². The molecule has 38 heavy (non-hydrogen) atoms. The Balaban J connectivity index is 1.58. The lowest BCUT2D eigenvalue weighted by Crippen LogP contribution is -2.38. The Kier molecular flexibility index (Phi) is 15.5. The highest BCUT2D eigenvalue weighted by atomic mass is 16.6. The topological polar surface area (TPSA) is 140 Å². The minimum absolute atomic E-state index is 0.301. The second-order valence-electron chi connectivity index (χ2n) is 10.3. The number of hydrogen-bond donors (Lipinski definition) is 3. The first kappa shape index (κ1) is 32.2. The zero-order valence-electron chi connectivity index (χ0n) is 23.1. The third-order valence-corrected chi connectivity index (χ3v) is 7.22. The predicted molar refractivity (Wildman–Crippen MR) is 144 cm³/mol. The van der Waals surface area contributed by atoms with Crippen LogP contribution in [0.5, 0.6) is 0 Å². The monoisotopic (exact) mass is 540 g/mol. The van der Waals surface area contributed by atoms with Gasteiger partial charge in [-0.25, -0.2) is 9.59 Å². The largest absolute Gasteiger partial charge is 0.461 e. The van der Waals surface area contributed by atoms with Crippen LogP contribution in [0.25, 0.3) is 0 Å². The van der Waals surface area contributed by atoms with Crippen molar-refractivity contribution in [2.45, 2.75) is 134 Å². The number of aliphatic hydroxyl groups excluding tert-OH is 2. The average molecular weight is 541 g/mol. The summed E-state index contributed by atoms with van der Waals surface area (Å²) in [6.07, 6.45) is 13.5. The Bertz CT molecular complexity index is 901. The molecule has 1 fully saturated rings. The number of hydrogen-bond acceptors (Lipinski definition) is 8. The van der Waals surface area contributed by atoms with Crippen LogP contribution in [0.15, 0.2) is 21.9 Å². The van der Waals surface area contributed by atoms with Crippen molar-refractivity contribution in [2.24, 2.45) is 0 Å². The highest BCUT2D eigenvalue weighted by Crippen LogP contribution is 2.28. The van der Waals surface area contributed by atoms with Gasteiger partial charge in [-0.05, 0) is 6.42 Å². The highest BCUT2D eigenvalue weighted by Gasteiger charge is 2.44. The quantitative estimate of drug-likeness (QED) is 0.168. The number of nitrogens with one attached hydrogen (secondary N) is 1. The van der Waals surface area contributed by atoms with Gasteiger partial charge >= 0.3 is 11.7 Å². The van der Waals surface area contributed by atoms with Crippen LogP contribution in [-0.4, -0.2) is 63.9 Å². The molecular formula is C28H48N2O8. The third-order valence-electron chi connectivity index (χ3n) is 7.22. The number of ether oxygens (including phenoxy) is 3. The van der Waals surface area contributed by atoms with Gasteiger partial charge in [0.05, 0.1) is 0 Å². The fourth-order valence-electron chi connectivity index (χ4n) is 4.84. The van der Waals surface area contributed by atoms with Crippen molar-refractivity contribution in [2.75, 3.05) is 13.7 Å². The molecule has 0 aliphatic carbocycles. The number of nitrogens with zero attached hydrogens (tertiary/aromatic N) is 1. The molecule has 10 nitrogen and oxygen atoms in total. The SMILES string of the molecule is CCCCCCCCCCCCCCCCC(OC)C(=O)OC[C@H]1O[C@@H](n2ccc(=O)[nH]c2=O)[C@H](O)[C@@H]1O. The van der Waals surface area contributed by atoms with Gasteiger partial charge < -0.3 is 24.4 Å². The number of esters is 1. The number of aromatic nitrogens is 2. The fraction of sp³-hybridized carbons (Fsp3) is 0.821. The summed E-state index contributed by atoms with van der Waals surface area (Å²) in [5.74, 6) is -0.558. The molecule has 1 aromatic heterocycles. The normalized spacial score (nSPS) is 22.0. The van der Waals surface area contributed by atoms with Gasteiger partial charge in [-0.2, -0.15) is 0 Å². The van der Waals surface area contributed by atoms with E-state index in [0.29, 0.717) is 6.42 Å². The van der Waals surface area contributed by atoms with E-state index in [9.17, 15) is 24.6 Å². The van der Waals surface area contributed by atoms with Crippen molar-refractivity contribution in [1.29, 1.82) is 0 Å². The number of aromatic amines is 1. The summed E-state index contributed by atoms with van der Waals surface area (Å²) in [6, 6.07) is 1.11. The molecule has 2 rings (SSSR count). The van der Waals surface area contributed by atoms with Crippen LogP contribution in [0.1, 0.15) is 109 Å². The van der Waals surface area contributed by atoms with Crippen LogP contribution in [0, 0.1) is 0 Å². The first-order valence-corrected chi connectivity index (χ1v) is 14.4. The van der Waals surface area contributed by atoms with Crippen molar-refractivity contribution < 1.29 is 29.2 Å². The Morgan fingerprint density at radius 2 is 1.50 bits per heavy atom. The molecule has 0 spiro atoms. The lowest BCUT2D eigenvalue weighted by molar-refractivity contribution is -0.162. The second-order valence-corrected chi connectivity index (χ2v) is 10.3. The molecule has 0 radical (unpaired) electrons. The highest BCUT2D eigenvalue weighted by molar-refractivity contribution is 5.74. The number of unbranched alkanes of at least 4 members (excludes halogenated alkanes) is 13. The van der Waals surface area contributed by atoms with Crippen LogP contribution < -0.4 is 11.2 Å². The lowest BCUT2D eigenvalue weighted by atomic mass is 10.0. The molecule has 0 saturated carbocycles. The molecule has 2 heterocycles. The van der Waals surface area contributed by atoms with E-state index < -0.39 is 47.9 Å². The Labute approximate surface area is 225 Å². The van der Waals surface area contributed by atoms with Crippen molar-refractivity contribution in [1.82, 2.24) is 9.55 Å². The summed E-state index contributed by atoms with van der Waals surface area (Å²) in [5.41, 5.74) is -1.37. The van der Waals surface area contributed by atoms with Crippen molar-refractivity contribution in [3.8, 4) is 0 Å². The second kappa shape index (κ2) is 18.3. The third kappa shape index (κ3) is 11.0. The summed E-state index contributed by atoms with van der Waals surface area (Å²) < 4.78 is 17.1. The molecule has 0 aromatic carbocycles. The number of methoxy groups -OCH3 is 1. The number of H-pyrrole nitrogens is 1. The molecule has 1 aliphatic rings. The van der Waals surface area contributed by atoms with E-state index in [1.807, 2.05) is 0 Å². The van der Waals surface area contributed by atoms with Gasteiger partial charge in [0.25, 0.3) is 5.56 Å². The predicted octanol–water partition coefficient (Wildman–Crippen LogP) is 3.59. The molecule has 1 unspecified atom stereocenters. The first-order valence-electron chi connectivity index (χ1n) is 14.4. The van der Waals surface area contributed by atoms with E-state index in [1.54, 1.807) is 0 Å². The Hall–Kier alpha value is -2.01. The molecule has 3 N–H and O–H groups in total. The number of carbonyl (C=O) groups excluding carboxylic acids is 1. The summed E-state index contributed by atoms with van der Waals surface area (Å²) in [5, 5.41) is 20.6. The first-order chi connectivity index (χ1) is 18.4. The lowest BCUT2D eigenvalue weighted by Gasteiger charge is -2.18. The van der Waals surface area contributed by atoms with E-state index in [0.717, 1.165) is 29.9 Å². The fourth-order valence-corrected chi connectivity index (χ4v) is 4.84. The Morgan fingerprint density at radius 3 is 2.03 bits per heavy atom. The van der Waals surface area contributed by atoms with E-state index >= 15 is 0 Å². The van der Waals surface area contributed by atoms with E-state index in [2.05, 4.69) is 11.9 Å². The molecule has 5 atom stereocenters. The zero-order chi connectivity index (χ0) is 27.8. The summed E-state index contributed by atoms with van der Waals surface area (Å²) >= 11 is 0. The smallest absolute Gasteiger partial charge is 0.335 e. The molecule has 1 saturated heterocycles. The molecule has 0 amide bonds. The summed E-state index contributed by atoms with van der Waals surface area (Å²) in [6.45, 7) is 1.95. The maximum Gasteiger partial charge on any atom is 0.335 e. The van der Waals surface area contributed by atoms with Gasteiger partial charge in [-0.15, -0.1) is 0 Å². The number of carbonyl (C=O) groups is 1.